The van der Waals surface area contributed by atoms with Crippen LogP contribution in [0.15, 0.2) is 46.8 Å². The van der Waals surface area contributed by atoms with Gasteiger partial charge in [-0.25, -0.2) is 4.68 Å². The van der Waals surface area contributed by atoms with E-state index in [9.17, 15) is 9.90 Å². The maximum absolute atomic E-state index is 12.2. The molecule has 3 aromatic rings. The van der Waals surface area contributed by atoms with Gasteiger partial charge in [-0.3, -0.25) is 9.78 Å². The molecule has 1 N–H and O–H groups in total. The molecule has 114 valence electrons. The number of thiophene rings is 1. The minimum Gasteiger partial charge on any atom is -0.389 e. The van der Waals surface area contributed by atoms with E-state index in [0.29, 0.717) is 17.5 Å². The first-order valence-electron chi connectivity index (χ1n) is 6.83. The topological polar surface area (TPSA) is 77.2 Å². The molecule has 22 heavy (non-hydrogen) atoms. The molecular weight excluding hydrogens is 302 g/mol. The maximum atomic E-state index is 12.2. The second kappa shape index (κ2) is 6.78. The molecule has 0 bridgehead atoms. The van der Waals surface area contributed by atoms with Crippen molar-refractivity contribution in [2.45, 2.75) is 19.3 Å². The molecule has 0 aromatic carbocycles. The Morgan fingerprint density at radius 3 is 3.09 bits per heavy atom. The predicted molar refractivity (Wildman–Crippen MR) is 83.8 cm³/mol. The molecule has 0 aliphatic rings. The summed E-state index contributed by atoms with van der Waals surface area (Å²) in [5.74, 6) is 0. The highest BCUT2D eigenvalue weighted by atomic mass is 32.1. The Bertz CT molecular complexity index is 801. The number of aliphatic hydroxyl groups excluding tert-OH is 1. The van der Waals surface area contributed by atoms with Crippen LogP contribution in [0.1, 0.15) is 4.88 Å². The van der Waals surface area contributed by atoms with Crippen LogP contribution in [-0.4, -0.2) is 32.6 Å². The van der Waals surface area contributed by atoms with Gasteiger partial charge >= 0.3 is 0 Å². The van der Waals surface area contributed by atoms with E-state index in [1.807, 2.05) is 17.5 Å². The molecule has 0 spiro atoms. The molecule has 3 heterocycles. The number of ether oxygens (including phenoxy) is 1. The van der Waals surface area contributed by atoms with E-state index in [1.165, 1.54) is 10.9 Å². The molecule has 0 amide bonds. The summed E-state index contributed by atoms with van der Waals surface area (Å²) < 4.78 is 6.68. The summed E-state index contributed by atoms with van der Waals surface area (Å²) >= 11 is 1.60. The van der Waals surface area contributed by atoms with Crippen LogP contribution in [0.2, 0.25) is 0 Å². The first kappa shape index (κ1) is 14.8. The molecule has 6 nitrogen and oxygen atoms in total. The number of aliphatic hydroxyl groups is 1. The Hall–Kier alpha value is -2.09. The number of pyridine rings is 1. The van der Waals surface area contributed by atoms with E-state index in [0.717, 1.165) is 4.88 Å². The van der Waals surface area contributed by atoms with Gasteiger partial charge < -0.3 is 9.84 Å². The summed E-state index contributed by atoms with van der Waals surface area (Å²) in [4.78, 5) is 17.4. The largest absolute Gasteiger partial charge is 0.389 e. The number of aromatic nitrogens is 3. The summed E-state index contributed by atoms with van der Waals surface area (Å²) in [5, 5.41) is 16.5. The Kier molecular flexibility index (Phi) is 4.57. The Labute approximate surface area is 130 Å². The highest BCUT2D eigenvalue weighted by Crippen LogP contribution is 2.09. The fraction of sp³-hybridized carbons (Fsp3) is 0.267. The van der Waals surface area contributed by atoms with Crippen molar-refractivity contribution >= 4 is 22.2 Å². The summed E-state index contributed by atoms with van der Waals surface area (Å²) in [6, 6.07) is 7.32. The van der Waals surface area contributed by atoms with E-state index in [4.69, 9.17) is 4.74 Å². The van der Waals surface area contributed by atoms with Gasteiger partial charge in [-0.15, -0.1) is 11.3 Å². The lowest BCUT2D eigenvalue weighted by Gasteiger charge is -2.12. The minimum absolute atomic E-state index is 0.0914. The van der Waals surface area contributed by atoms with Crippen molar-refractivity contribution in [1.82, 2.24) is 14.8 Å². The molecular formula is C15H15N3O3S. The molecule has 0 aliphatic heterocycles. The Morgan fingerprint density at radius 1 is 1.36 bits per heavy atom. The zero-order chi connectivity index (χ0) is 15.4. The number of nitrogens with zero attached hydrogens (tertiary/aromatic N) is 3. The first-order chi connectivity index (χ1) is 10.7. The molecule has 0 saturated carbocycles. The third-order valence-corrected chi connectivity index (χ3v) is 3.99. The second-order valence-corrected chi connectivity index (χ2v) is 5.85. The van der Waals surface area contributed by atoms with Crippen molar-refractivity contribution in [2.75, 3.05) is 6.61 Å². The smallest absolute Gasteiger partial charge is 0.276 e. The maximum Gasteiger partial charge on any atom is 0.276 e. The number of hydrogen-bond donors (Lipinski definition) is 1. The number of fused-ring (bicyclic) bond motifs is 1. The van der Waals surface area contributed by atoms with E-state index >= 15 is 0 Å². The lowest BCUT2D eigenvalue weighted by Crippen LogP contribution is -2.31. The fourth-order valence-electron chi connectivity index (χ4n) is 2.09. The molecule has 1 atom stereocenters. The fourth-order valence-corrected chi connectivity index (χ4v) is 2.73. The zero-order valence-corrected chi connectivity index (χ0v) is 12.6. The highest BCUT2D eigenvalue weighted by Gasteiger charge is 2.10. The summed E-state index contributed by atoms with van der Waals surface area (Å²) in [7, 11) is 0. The van der Waals surface area contributed by atoms with Crippen molar-refractivity contribution < 1.29 is 9.84 Å². The standard InChI is InChI=1S/C15H15N3O3S/c19-11(9-21-10-12-3-2-6-22-12)8-18-15(20)13-4-1-5-16-14(13)7-17-18/h1-7,11,19H,8-10H2. The van der Waals surface area contributed by atoms with E-state index in [2.05, 4.69) is 10.1 Å². The first-order valence-corrected chi connectivity index (χ1v) is 7.71. The van der Waals surface area contributed by atoms with Gasteiger partial charge in [0, 0.05) is 11.1 Å². The third kappa shape index (κ3) is 3.38. The average Bonchev–Trinajstić information content (AvgIpc) is 3.04. The van der Waals surface area contributed by atoms with Gasteiger partial charge in [0.05, 0.1) is 43.0 Å². The summed E-state index contributed by atoms with van der Waals surface area (Å²) in [6.45, 7) is 0.698. The van der Waals surface area contributed by atoms with Gasteiger partial charge in [-0.05, 0) is 23.6 Å². The lowest BCUT2D eigenvalue weighted by atomic mass is 10.3. The summed E-state index contributed by atoms with van der Waals surface area (Å²) in [5.41, 5.74) is 0.287. The number of hydrogen-bond acceptors (Lipinski definition) is 6. The molecule has 0 saturated heterocycles. The van der Waals surface area contributed by atoms with Crippen molar-refractivity contribution in [3.05, 3.63) is 57.3 Å². The lowest BCUT2D eigenvalue weighted by molar-refractivity contribution is 0.0190. The van der Waals surface area contributed by atoms with Crippen LogP contribution in [-0.2, 0) is 17.9 Å². The molecule has 3 rings (SSSR count). The van der Waals surface area contributed by atoms with Crippen LogP contribution >= 0.6 is 11.3 Å². The third-order valence-electron chi connectivity index (χ3n) is 3.14. The van der Waals surface area contributed by atoms with Crippen molar-refractivity contribution in [1.29, 1.82) is 0 Å². The van der Waals surface area contributed by atoms with Crippen molar-refractivity contribution in [3.63, 3.8) is 0 Å². The molecule has 0 fully saturated rings. The monoisotopic (exact) mass is 317 g/mol. The van der Waals surface area contributed by atoms with Gasteiger partial charge in [0.2, 0.25) is 0 Å². The summed E-state index contributed by atoms with van der Waals surface area (Å²) in [6.07, 6.45) is 2.34. The predicted octanol–water partition coefficient (Wildman–Crippen LogP) is 1.43. The van der Waals surface area contributed by atoms with E-state index in [-0.39, 0.29) is 18.7 Å². The van der Waals surface area contributed by atoms with Crippen molar-refractivity contribution in [3.8, 4) is 0 Å². The van der Waals surface area contributed by atoms with Crippen LogP contribution in [0, 0.1) is 0 Å². The van der Waals surface area contributed by atoms with Gasteiger partial charge in [-0.2, -0.15) is 5.10 Å². The quantitative estimate of drug-likeness (QED) is 0.744. The SMILES string of the molecule is O=c1c2cccnc2cnn1CC(O)COCc1cccs1. The second-order valence-electron chi connectivity index (χ2n) is 4.82. The minimum atomic E-state index is -0.792. The van der Waals surface area contributed by atoms with E-state index in [1.54, 1.807) is 29.7 Å². The van der Waals surface area contributed by atoms with E-state index < -0.39 is 6.10 Å². The van der Waals surface area contributed by atoms with Crippen molar-refractivity contribution in [2.24, 2.45) is 0 Å². The molecule has 0 aliphatic carbocycles. The normalized spacial score (nSPS) is 12.6. The highest BCUT2D eigenvalue weighted by molar-refractivity contribution is 7.09. The molecule has 1 unspecified atom stereocenters. The van der Waals surface area contributed by atoms with Gasteiger partial charge in [-0.1, -0.05) is 6.07 Å². The van der Waals surface area contributed by atoms with Crippen LogP contribution in [0.4, 0.5) is 0 Å². The molecule has 7 heteroatoms. The van der Waals surface area contributed by atoms with Crippen LogP contribution in [0.25, 0.3) is 10.9 Å². The van der Waals surface area contributed by atoms with Crippen LogP contribution in [0.3, 0.4) is 0 Å². The van der Waals surface area contributed by atoms with Gasteiger partial charge in [0.1, 0.15) is 0 Å². The van der Waals surface area contributed by atoms with Crippen LogP contribution in [0.5, 0.6) is 0 Å². The Balaban J connectivity index is 1.62. The zero-order valence-electron chi connectivity index (χ0n) is 11.8. The van der Waals surface area contributed by atoms with Crippen LogP contribution < -0.4 is 5.56 Å². The van der Waals surface area contributed by atoms with Gasteiger partial charge in [0.25, 0.3) is 5.56 Å². The molecule has 0 radical (unpaired) electrons. The molecule has 3 aromatic heterocycles. The number of rotatable bonds is 6. The average molecular weight is 317 g/mol. The Morgan fingerprint density at radius 2 is 2.27 bits per heavy atom. The van der Waals surface area contributed by atoms with Gasteiger partial charge in [0.15, 0.2) is 0 Å².